The summed E-state index contributed by atoms with van der Waals surface area (Å²) in [7, 11) is 0. The van der Waals surface area contributed by atoms with Gasteiger partial charge in [-0.15, -0.1) is 0 Å². The summed E-state index contributed by atoms with van der Waals surface area (Å²) < 4.78 is 16.5. The molecule has 2 aliphatic rings. The van der Waals surface area contributed by atoms with Crippen LogP contribution in [0.15, 0.2) is 36.4 Å². The van der Waals surface area contributed by atoms with Crippen molar-refractivity contribution in [2.24, 2.45) is 5.41 Å². The SMILES string of the molecule is CCCN1C(=O)C(C)(C)COc2ccc(NC(=O)Nc3ccc4c(c3)OCO4)cc21. The van der Waals surface area contributed by atoms with Gasteiger partial charge in [0.2, 0.25) is 12.7 Å². The molecule has 2 heterocycles. The van der Waals surface area contributed by atoms with Crippen LogP contribution in [0.1, 0.15) is 27.2 Å². The molecule has 0 saturated carbocycles. The zero-order valence-corrected chi connectivity index (χ0v) is 17.3. The van der Waals surface area contributed by atoms with Gasteiger partial charge in [0.25, 0.3) is 0 Å². The molecule has 0 unspecified atom stereocenters. The van der Waals surface area contributed by atoms with E-state index in [2.05, 4.69) is 10.6 Å². The number of benzene rings is 2. The maximum atomic E-state index is 13.0. The quantitative estimate of drug-likeness (QED) is 0.786. The molecule has 158 valence electrons. The molecule has 0 aromatic heterocycles. The first-order valence-corrected chi connectivity index (χ1v) is 9.94. The summed E-state index contributed by atoms with van der Waals surface area (Å²) in [5.41, 5.74) is 1.18. The first kappa shape index (κ1) is 19.9. The third kappa shape index (κ3) is 3.85. The Hall–Kier alpha value is -3.42. The van der Waals surface area contributed by atoms with Crippen molar-refractivity contribution in [2.45, 2.75) is 27.2 Å². The van der Waals surface area contributed by atoms with Crippen molar-refractivity contribution in [1.82, 2.24) is 0 Å². The smallest absolute Gasteiger partial charge is 0.323 e. The Kier molecular flexibility index (Phi) is 5.15. The minimum atomic E-state index is -0.626. The minimum absolute atomic E-state index is 0.00469. The van der Waals surface area contributed by atoms with E-state index in [9.17, 15) is 9.59 Å². The summed E-state index contributed by atoms with van der Waals surface area (Å²) in [5, 5.41) is 5.58. The number of anilines is 3. The van der Waals surface area contributed by atoms with Gasteiger partial charge < -0.3 is 29.7 Å². The van der Waals surface area contributed by atoms with E-state index in [-0.39, 0.29) is 12.7 Å². The monoisotopic (exact) mass is 411 g/mol. The molecule has 0 radical (unpaired) electrons. The number of urea groups is 1. The molecule has 8 heteroatoms. The lowest BCUT2D eigenvalue weighted by atomic mass is 9.93. The molecule has 4 rings (SSSR count). The highest BCUT2D eigenvalue weighted by Gasteiger charge is 2.37. The number of amides is 3. The van der Waals surface area contributed by atoms with Gasteiger partial charge in [-0.1, -0.05) is 6.92 Å². The van der Waals surface area contributed by atoms with Gasteiger partial charge in [-0.05, 0) is 50.6 Å². The van der Waals surface area contributed by atoms with Gasteiger partial charge in [0.05, 0.1) is 11.1 Å². The molecule has 0 fully saturated rings. The minimum Gasteiger partial charge on any atom is -0.490 e. The number of rotatable bonds is 4. The summed E-state index contributed by atoms with van der Waals surface area (Å²) in [6.07, 6.45) is 0.809. The number of nitrogens with zero attached hydrogens (tertiary/aromatic N) is 1. The number of ether oxygens (including phenoxy) is 3. The summed E-state index contributed by atoms with van der Waals surface area (Å²) in [4.78, 5) is 27.2. The first-order valence-electron chi connectivity index (χ1n) is 9.94. The molecule has 0 bridgehead atoms. The molecule has 8 nitrogen and oxygen atoms in total. The number of hydrogen-bond donors (Lipinski definition) is 2. The lowest BCUT2D eigenvalue weighted by Crippen LogP contribution is -2.42. The lowest BCUT2D eigenvalue weighted by molar-refractivity contribution is -0.127. The van der Waals surface area contributed by atoms with E-state index < -0.39 is 11.4 Å². The van der Waals surface area contributed by atoms with Gasteiger partial charge in [0, 0.05) is 24.0 Å². The fourth-order valence-corrected chi connectivity index (χ4v) is 3.44. The van der Waals surface area contributed by atoms with Crippen LogP contribution in [-0.4, -0.2) is 31.9 Å². The van der Waals surface area contributed by atoms with Crippen molar-refractivity contribution < 1.29 is 23.8 Å². The van der Waals surface area contributed by atoms with Gasteiger partial charge in [-0.25, -0.2) is 4.79 Å². The maximum Gasteiger partial charge on any atom is 0.323 e. The highest BCUT2D eigenvalue weighted by molar-refractivity contribution is 6.02. The standard InChI is InChI=1S/C22H25N3O5/c1-4-9-25-16-10-14(5-7-17(16)28-12-22(2,3)20(25)26)23-21(27)24-15-6-8-18-19(11-15)30-13-29-18/h5-8,10-11H,4,9,12-13H2,1-3H3,(H2,23,24,27). The molecule has 0 aliphatic carbocycles. The molecular weight excluding hydrogens is 386 g/mol. The second-order valence-electron chi connectivity index (χ2n) is 7.96. The molecule has 30 heavy (non-hydrogen) atoms. The van der Waals surface area contributed by atoms with E-state index >= 15 is 0 Å². The molecule has 2 aliphatic heterocycles. The Morgan fingerprint density at radius 1 is 1.00 bits per heavy atom. The van der Waals surface area contributed by atoms with Crippen LogP contribution in [0, 0.1) is 5.41 Å². The zero-order chi connectivity index (χ0) is 21.3. The van der Waals surface area contributed by atoms with Crippen LogP contribution in [0.5, 0.6) is 17.2 Å². The van der Waals surface area contributed by atoms with Crippen LogP contribution >= 0.6 is 0 Å². The molecule has 2 aromatic carbocycles. The Labute approximate surface area is 175 Å². The Bertz CT molecular complexity index is 989. The molecule has 0 atom stereocenters. The number of fused-ring (bicyclic) bond motifs is 2. The number of nitrogens with one attached hydrogen (secondary N) is 2. The van der Waals surface area contributed by atoms with Crippen molar-refractivity contribution >= 4 is 29.0 Å². The summed E-state index contributed by atoms with van der Waals surface area (Å²) in [5.74, 6) is 1.87. The van der Waals surface area contributed by atoms with Crippen LogP contribution in [-0.2, 0) is 4.79 Å². The van der Waals surface area contributed by atoms with Crippen LogP contribution in [0.2, 0.25) is 0 Å². The predicted octanol–water partition coefficient (Wildman–Crippen LogP) is 4.22. The molecule has 0 saturated heterocycles. The number of carbonyl (C=O) groups is 2. The average Bonchev–Trinajstić information content (AvgIpc) is 3.15. The second-order valence-corrected chi connectivity index (χ2v) is 7.96. The Morgan fingerprint density at radius 3 is 2.40 bits per heavy atom. The normalized spacial score (nSPS) is 16.4. The van der Waals surface area contributed by atoms with Crippen molar-refractivity contribution in [3.8, 4) is 17.2 Å². The summed E-state index contributed by atoms with van der Waals surface area (Å²) in [6.45, 7) is 6.82. The van der Waals surface area contributed by atoms with E-state index in [4.69, 9.17) is 14.2 Å². The zero-order valence-electron chi connectivity index (χ0n) is 17.3. The highest BCUT2D eigenvalue weighted by Crippen LogP contribution is 2.38. The van der Waals surface area contributed by atoms with Gasteiger partial charge in [0.1, 0.15) is 12.4 Å². The van der Waals surface area contributed by atoms with Gasteiger partial charge in [-0.2, -0.15) is 0 Å². The van der Waals surface area contributed by atoms with E-state index in [0.717, 1.165) is 6.42 Å². The van der Waals surface area contributed by atoms with Crippen molar-refractivity contribution in [3.63, 3.8) is 0 Å². The Morgan fingerprint density at radius 2 is 1.67 bits per heavy atom. The van der Waals surface area contributed by atoms with Crippen LogP contribution in [0.3, 0.4) is 0 Å². The van der Waals surface area contributed by atoms with E-state index in [0.29, 0.717) is 47.5 Å². The van der Waals surface area contributed by atoms with E-state index in [1.807, 2.05) is 20.8 Å². The van der Waals surface area contributed by atoms with Gasteiger partial charge in [0.15, 0.2) is 11.5 Å². The Balaban J connectivity index is 1.52. The largest absolute Gasteiger partial charge is 0.490 e. The fraction of sp³-hybridized carbons (Fsp3) is 0.364. The molecule has 2 N–H and O–H groups in total. The van der Waals surface area contributed by atoms with Crippen molar-refractivity contribution in [3.05, 3.63) is 36.4 Å². The topological polar surface area (TPSA) is 89.1 Å². The van der Waals surface area contributed by atoms with Crippen LogP contribution < -0.4 is 29.7 Å². The molecular formula is C22H25N3O5. The molecule has 3 amide bonds. The number of carbonyl (C=O) groups excluding carboxylic acids is 2. The summed E-state index contributed by atoms with van der Waals surface area (Å²) in [6, 6.07) is 10.1. The molecule has 0 spiro atoms. The van der Waals surface area contributed by atoms with Crippen molar-refractivity contribution in [1.29, 1.82) is 0 Å². The lowest BCUT2D eigenvalue weighted by Gasteiger charge is -2.27. The first-order chi connectivity index (χ1) is 14.4. The van der Waals surface area contributed by atoms with Crippen LogP contribution in [0.25, 0.3) is 0 Å². The highest BCUT2D eigenvalue weighted by atomic mass is 16.7. The average molecular weight is 411 g/mol. The fourth-order valence-electron chi connectivity index (χ4n) is 3.44. The van der Waals surface area contributed by atoms with Gasteiger partial charge in [-0.3, -0.25) is 4.79 Å². The maximum absolute atomic E-state index is 13.0. The second kappa shape index (κ2) is 7.78. The van der Waals surface area contributed by atoms with E-state index in [1.165, 1.54) is 0 Å². The summed E-state index contributed by atoms with van der Waals surface area (Å²) >= 11 is 0. The van der Waals surface area contributed by atoms with E-state index in [1.54, 1.807) is 41.3 Å². The van der Waals surface area contributed by atoms with Crippen LogP contribution in [0.4, 0.5) is 21.9 Å². The van der Waals surface area contributed by atoms with Crippen molar-refractivity contribution in [2.75, 3.05) is 35.5 Å². The van der Waals surface area contributed by atoms with Gasteiger partial charge >= 0.3 is 6.03 Å². The predicted molar refractivity (Wildman–Crippen MR) is 114 cm³/mol. The molecule has 2 aromatic rings. The number of hydrogen-bond acceptors (Lipinski definition) is 5. The third-order valence-corrected chi connectivity index (χ3v) is 5.00. The third-order valence-electron chi connectivity index (χ3n) is 5.00.